The number of nitrogens with zero attached hydrogens (tertiary/aromatic N) is 4. The maximum atomic E-state index is 12.8. The number of benzene rings is 1. The van der Waals surface area contributed by atoms with Crippen LogP contribution in [-0.2, 0) is 19.8 Å². The Balaban J connectivity index is 1.76. The second kappa shape index (κ2) is 7.29. The van der Waals surface area contributed by atoms with E-state index in [4.69, 9.17) is 22.8 Å². The van der Waals surface area contributed by atoms with Crippen LogP contribution in [-0.4, -0.2) is 19.5 Å². The summed E-state index contributed by atoms with van der Waals surface area (Å²) in [7, 11) is 1.51. The lowest BCUT2D eigenvalue weighted by Gasteiger charge is -2.08. The van der Waals surface area contributed by atoms with Crippen molar-refractivity contribution in [1.29, 1.82) is 0 Å². The van der Waals surface area contributed by atoms with Crippen LogP contribution in [0.5, 0.6) is 5.88 Å². The second-order valence-corrected chi connectivity index (χ2v) is 5.88. The SMILES string of the molecule is C#Cc1cnc(Cl)nc1OCc1ccc(-c2nc(C(F)(F)F)cn2C)cc1. The maximum Gasteiger partial charge on any atom is 0.434 e. The van der Waals surface area contributed by atoms with Crippen LogP contribution < -0.4 is 4.74 Å². The summed E-state index contributed by atoms with van der Waals surface area (Å²) in [5.74, 6) is 2.79. The number of alkyl halides is 3. The van der Waals surface area contributed by atoms with E-state index in [1.807, 2.05) is 0 Å². The number of terminal acetylenes is 1. The van der Waals surface area contributed by atoms with Gasteiger partial charge in [-0.25, -0.2) is 9.97 Å². The molecule has 0 N–H and O–H groups in total. The van der Waals surface area contributed by atoms with Gasteiger partial charge in [0.15, 0.2) is 5.69 Å². The minimum atomic E-state index is -4.49. The minimum absolute atomic E-state index is 0.00889. The Kier molecular flexibility index (Phi) is 5.06. The van der Waals surface area contributed by atoms with Gasteiger partial charge in [-0.05, 0) is 17.2 Å². The molecule has 5 nitrogen and oxygen atoms in total. The molecule has 9 heteroatoms. The number of ether oxygens (including phenoxy) is 1. The molecular weight excluding hydrogens is 381 g/mol. The first kappa shape index (κ1) is 18.7. The Bertz CT molecular complexity index is 1010. The van der Waals surface area contributed by atoms with Crippen LogP contribution in [0.2, 0.25) is 5.28 Å². The van der Waals surface area contributed by atoms with Gasteiger partial charge in [0.2, 0.25) is 11.2 Å². The number of aryl methyl sites for hydroxylation is 1. The molecule has 0 aliphatic carbocycles. The number of halogens is 4. The van der Waals surface area contributed by atoms with Gasteiger partial charge in [-0.1, -0.05) is 30.2 Å². The van der Waals surface area contributed by atoms with E-state index < -0.39 is 11.9 Å². The molecule has 0 saturated carbocycles. The first-order valence-corrected chi connectivity index (χ1v) is 7.97. The summed E-state index contributed by atoms with van der Waals surface area (Å²) >= 11 is 5.73. The summed E-state index contributed by atoms with van der Waals surface area (Å²) in [6, 6.07) is 6.76. The molecule has 0 amide bonds. The van der Waals surface area contributed by atoms with Gasteiger partial charge in [-0.3, -0.25) is 0 Å². The van der Waals surface area contributed by atoms with Gasteiger partial charge < -0.3 is 9.30 Å². The van der Waals surface area contributed by atoms with Crippen LogP contribution in [0.4, 0.5) is 13.2 Å². The summed E-state index contributed by atoms with van der Waals surface area (Å²) in [4.78, 5) is 11.4. The topological polar surface area (TPSA) is 52.8 Å². The molecule has 3 rings (SSSR count). The number of hydrogen-bond acceptors (Lipinski definition) is 4. The van der Waals surface area contributed by atoms with Gasteiger partial charge in [-0.2, -0.15) is 18.2 Å². The van der Waals surface area contributed by atoms with Crippen LogP contribution in [0.25, 0.3) is 11.4 Å². The van der Waals surface area contributed by atoms with E-state index in [0.29, 0.717) is 11.1 Å². The van der Waals surface area contributed by atoms with Gasteiger partial charge in [-0.15, -0.1) is 6.42 Å². The van der Waals surface area contributed by atoms with Crippen LogP contribution in [0.3, 0.4) is 0 Å². The fourth-order valence-corrected chi connectivity index (χ4v) is 2.45. The average molecular weight is 393 g/mol. The largest absolute Gasteiger partial charge is 0.472 e. The van der Waals surface area contributed by atoms with Gasteiger partial charge in [0.1, 0.15) is 18.0 Å². The van der Waals surface area contributed by atoms with Crippen LogP contribution >= 0.6 is 11.6 Å². The highest BCUT2D eigenvalue weighted by molar-refractivity contribution is 6.28. The Hall–Kier alpha value is -3.05. The monoisotopic (exact) mass is 392 g/mol. The molecule has 0 spiro atoms. The molecule has 0 bridgehead atoms. The standard InChI is InChI=1S/C18H12ClF3N4O/c1-3-12-8-23-17(19)25-16(12)27-10-11-4-6-13(7-5-11)15-24-14(9-26(15)2)18(20,21)22/h1,4-9H,10H2,2H3. The molecular formula is C18H12ClF3N4O. The van der Waals surface area contributed by atoms with Gasteiger partial charge in [0.25, 0.3) is 0 Å². The van der Waals surface area contributed by atoms with E-state index in [0.717, 1.165) is 11.8 Å². The molecule has 1 aromatic carbocycles. The molecule has 0 saturated heterocycles. The smallest absolute Gasteiger partial charge is 0.434 e. The molecule has 0 radical (unpaired) electrons. The Morgan fingerprint density at radius 1 is 1.22 bits per heavy atom. The highest BCUT2D eigenvalue weighted by atomic mass is 35.5. The van der Waals surface area contributed by atoms with Crippen molar-refractivity contribution in [2.45, 2.75) is 12.8 Å². The third-order valence-corrected chi connectivity index (χ3v) is 3.82. The predicted octanol–water partition coefficient (Wildman–Crippen LogP) is 4.11. The molecule has 27 heavy (non-hydrogen) atoms. The van der Waals surface area contributed by atoms with Gasteiger partial charge in [0.05, 0.1) is 6.20 Å². The zero-order chi connectivity index (χ0) is 19.6. The highest BCUT2D eigenvalue weighted by Gasteiger charge is 2.34. The van der Waals surface area contributed by atoms with E-state index in [1.165, 1.54) is 17.8 Å². The van der Waals surface area contributed by atoms with E-state index in [9.17, 15) is 13.2 Å². The van der Waals surface area contributed by atoms with Crippen molar-refractivity contribution in [2.75, 3.05) is 0 Å². The molecule has 0 atom stereocenters. The van der Waals surface area contributed by atoms with E-state index in [2.05, 4.69) is 20.9 Å². The maximum absolute atomic E-state index is 12.8. The molecule has 2 aromatic heterocycles. The van der Waals surface area contributed by atoms with Gasteiger partial charge >= 0.3 is 6.18 Å². The summed E-state index contributed by atoms with van der Waals surface area (Å²) < 4.78 is 45.3. The minimum Gasteiger partial charge on any atom is -0.472 e. The van der Waals surface area contributed by atoms with Crippen LogP contribution in [0, 0.1) is 12.3 Å². The normalized spacial score (nSPS) is 11.3. The van der Waals surface area contributed by atoms with Crippen molar-refractivity contribution in [2.24, 2.45) is 7.05 Å². The Labute approximate surface area is 157 Å². The molecule has 0 unspecified atom stereocenters. The molecule has 3 aromatic rings. The summed E-state index contributed by atoms with van der Waals surface area (Å²) in [6.07, 6.45) is 3.20. The van der Waals surface area contributed by atoms with Crippen molar-refractivity contribution in [3.63, 3.8) is 0 Å². The van der Waals surface area contributed by atoms with E-state index in [-0.39, 0.29) is 23.6 Å². The average Bonchev–Trinajstić information content (AvgIpc) is 3.03. The van der Waals surface area contributed by atoms with Crippen molar-refractivity contribution < 1.29 is 17.9 Å². The number of rotatable bonds is 4. The molecule has 138 valence electrons. The molecule has 0 fully saturated rings. The third kappa shape index (κ3) is 4.20. The second-order valence-electron chi connectivity index (χ2n) is 5.55. The zero-order valence-electron chi connectivity index (χ0n) is 14.0. The number of imidazole rings is 1. The van der Waals surface area contributed by atoms with Crippen molar-refractivity contribution in [3.05, 3.63) is 58.8 Å². The predicted molar refractivity (Wildman–Crippen MR) is 93.0 cm³/mol. The first-order valence-electron chi connectivity index (χ1n) is 7.59. The van der Waals surface area contributed by atoms with Crippen molar-refractivity contribution in [1.82, 2.24) is 19.5 Å². The lowest BCUT2D eigenvalue weighted by atomic mass is 10.1. The zero-order valence-corrected chi connectivity index (χ0v) is 14.7. The lowest BCUT2D eigenvalue weighted by Crippen LogP contribution is -2.04. The van der Waals surface area contributed by atoms with Gasteiger partial charge in [0, 0.05) is 18.8 Å². The number of hydrogen-bond donors (Lipinski definition) is 0. The van der Waals surface area contributed by atoms with E-state index in [1.54, 1.807) is 24.3 Å². The Morgan fingerprint density at radius 3 is 2.52 bits per heavy atom. The fraction of sp³-hybridized carbons (Fsp3) is 0.167. The molecule has 2 heterocycles. The summed E-state index contributed by atoms with van der Waals surface area (Å²) in [5, 5.41) is 0.00889. The fourth-order valence-electron chi connectivity index (χ4n) is 2.33. The third-order valence-electron chi connectivity index (χ3n) is 3.63. The number of aromatic nitrogens is 4. The van der Waals surface area contributed by atoms with Crippen molar-refractivity contribution >= 4 is 11.6 Å². The van der Waals surface area contributed by atoms with Crippen LogP contribution in [0.15, 0.2) is 36.7 Å². The molecule has 0 aliphatic rings. The van der Waals surface area contributed by atoms with Crippen molar-refractivity contribution in [3.8, 4) is 29.6 Å². The molecule has 0 aliphatic heterocycles. The lowest BCUT2D eigenvalue weighted by molar-refractivity contribution is -0.140. The van der Waals surface area contributed by atoms with Crippen LogP contribution in [0.1, 0.15) is 16.8 Å². The quantitative estimate of drug-likeness (QED) is 0.495. The Morgan fingerprint density at radius 2 is 1.93 bits per heavy atom. The summed E-state index contributed by atoms with van der Waals surface area (Å²) in [5.41, 5.74) is 0.742. The first-order chi connectivity index (χ1) is 12.8. The van der Waals surface area contributed by atoms with E-state index >= 15 is 0 Å². The highest BCUT2D eigenvalue weighted by Crippen LogP contribution is 2.30. The summed E-state index contributed by atoms with van der Waals surface area (Å²) in [6.45, 7) is 0.149.